The molecule has 0 aromatic rings. The Labute approximate surface area is 67.3 Å². The van der Waals surface area contributed by atoms with E-state index in [4.69, 9.17) is 0 Å². The molecule has 62 valence electrons. The number of rotatable bonds is 3. The van der Waals surface area contributed by atoms with Crippen LogP contribution in [0.5, 0.6) is 0 Å². The van der Waals surface area contributed by atoms with Crippen molar-refractivity contribution in [1.29, 1.82) is 0 Å². The van der Waals surface area contributed by atoms with Gasteiger partial charge in [-0.25, -0.2) is 0 Å². The van der Waals surface area contributed by atoms with Gasteiger partial charge < -0.3 is 0 Å². The molecule has 0 bridgehead atoms. The zero-order valence-corrected chi connectivity index (χ0v) is 7.32. The highest BCUT2D eigenvalue weighted by Crippen LogP contribution is 1.96. The molecule has 0 aliphatic carbocycles. The summed E-state index contributed by atoms with van der Waals surface area (Å²) in [7, 11) is 0. The van der Waals surface area contributed by atoms with E-state index >= 15 is 0 Å². The van der Waals surface area contributed by atoms with E-state index in [1.54, 1.807) is 6.92 Å². The zero-order valence-electron chi connectivity index (χ0n) is 7.32. The van der Waals surface area contributed by atoms with Crippen LogP contribution < -0.4 is 0 Å². The minimum Gasteiger partial charge on any atom is -0.254 e. The molecule has 1 nitrogen and oxygen atoms in total. The first-order valence-electron chi connectivity index (χ1n) is 3.53. The van der Waals surface area contributed by atoms with Crippen LogP contribution in [-0.4, -0.2) is 12.5 Å². The van der Waals surface area contributed by atoms with Gasteiger partial charge in [0.15, 0.2) is 0 Å². The summed E-state index contributed by atoms with van der Waals surface area (Å²) in [4.78, 5) is 3.64. The number of nitrogens with zero attached hydrogens (tertiary/aromatic N) is 1. The third kappa shape index (κ3) is 5.52. The Morgan fingerprint density at radius 3 is 2.36 bits per heavy atom. The Kier molecular flexibility index (Phi) is 4.42. The summed E-state index contributed by atoms with van der Waals surface area (Å²) in [5.74, 6) is -0.456. The number of halogens is 1. The van der Waals surface area contributed by atoms with Crippen LogP contribution in [-0.2, 0) is 0 Å². The number of allylic oxidation sites excluding steroid dienone is 2. The normalized spacial score (nSPS) is 11.1. The third-order valence-electron chi connectivity index (χ3n) is 1.08. The van der Waals surface area contributed by atoms with Crippen molar-refractivity contribution >= 4 is 5.97 Å². The lowest BCUT2D eigenvalue weighted by Crippen LogP contribution is -1.90. The Morgan fingerprint density at radius 1 is 1.45 bits per heavy atom. The fraction of sp³-hybridized carbons (Fsp3) is 0.444. The molecule has 0 fully saturated rings. The average Bonchev–Trinajstić information content (AvgIpc) is 1.86. The Hall–Kier alpha value is -0.920. The molecule has 0 aromatic carbocycles. The van der Waals surface area contributed by atoms with Crippen LogP contribution in [0.25, 0.3) is 0 Å². The molecule has 0 spiro atoms. The molecule has 0 radical (unpaired) electrons. The van der Waals surface area contributed by atoms with Gasteiger partial charge in [-0.3, -0.25) is 4.99 Å². The topological polar surface area (TPSA) is 12.4 Å². The van der Waals surface area contributed by atoms with E-state index in [1.165, 1.54) is 0 Å². The van der Waals surface area contributed by atoms with Gasteiger partial charge in [0.05, 0.1) is 6.54 Å². The van der Waals surface area contributed by atoms with E-state index in [-0.39, 0.29) is 0 Å². The van der Waals surface area contributed by atoms with Crippen molar-refractivity contribution in [3.63, 3.8) is 0 Å². The maximum absolute atomic E-state index is 12.6. The zero-order chi connectivity index (χ0) is 8.85. The molecule has 0 aliphatic heterocycles. The average molecular weight is 155 g/mol. The van der Waals surface area contributed by atoms with E-state index in [0.29, 0.717) is 12.1 Å². The van der Waals surface area contributed by atoms with Crippen molar-refractivity contribution < 1.29 is 4.39 Å². The van der Waals surface area contributed by atoms with Crippen LogP contribution in [0.2, 0.25) is 0 Å². The second kappa shape index (κ2) is 4.83. The van der Waals surface area contributed by atoms with E-state index < -0.39 is 5.97 Å². The lowest BCUT2D eigenvalue weighted by molar-refractivity contribution is 0.795. The van der Waals surface area contributed by atoms with Crippen molar-refractivity contribution in [2.45, 2.75) is 20.8 Å². The van der Waals surface area contributed by atoms with Gasteiger partial charge in [0.2, 0.25) is 5.97 Å². The fourth-order valence-corrected chi connectivity index (χ4v) is 0.443. The van der Waals surface area contributed by atoms with Gasteiger partial charge in [0, 0.05) is 0 Å². The molecule has 0 heterocycles. The third-order valence-corrected chi connectivity index (χ3v) is 1.08. The highest BCUT2D eigenvalue weighted by molar-refractivity contribution is 5.91. The summed E-state index contributed by atoms with van der Waals surface area (Å²) in [6, 6.07) is 0. The van der Waals surface area contributed by atoms with Crippen molar-refractivity contribution in [3.05, 3.63) is 23.8 Å². The number of hydrogen-bond acceptors (Lipinski definition) is 1. The smallest absolute Gasteiger partial charge is 0.210 e. The molecule has 2 heteroatoms. The van der Waals surface area contributed by atoms with Crippen LogP contribution in [0.1, 0.15) is 20.8 Å². The van der Waals surface area contributed by atoms with E-state index in [9.17, 15) is 4.39 Å². The van der Waals surface area contributed by atoms with Gasteiger partial charge in [-0.15, -0.1) is 0 Å². The highest BCUT2D eigenvalue weighted by Gasteiger charge is 1.93. The van der Waals surface area contributed by atoms with Gasteiger partial charge >= 0.3 is 0 Å². The van der Waals surface area contributed by atoms with Crippen LogP contribution in [0.15, 0.2) is 28.8 Å². The lowest BCUT2D eigenvalue weighted by Gasteiger charge is -1.91. The van der Waals surface area contributed by atoms with Gasteiger partial charge in [0.25, 0.3) is 0 Å². The van der Waals surface area contributed by atoms with Gasteiger partial charge in [0.1, 0.15) is 0 Å². The van der Waals surface area contributed by atoms with Crippen LogP contribution in [0, 0.1) is 0 Å². The summed E-state index contributed by atoms with van der Waals surface area (Å²) in [5.41, 5.74) is 1.52. The standard InChI is InChI=1S/C9H14FN/c1-7(2)5-6-11-9(10)8(3)4/h5H,3,6H2,1-2,4H3. The second-order valence-corrected chi connectivity index (χ2v) is 2.69. The van der Waals surface area contributed by atoms with Crippen LogP contribution in [0.3, 0.4) is 0 Å². The molecule has 0 N–H and O–H groups in total. The molecule has 11 heavy (non-hydrogen) atoms. The summed E-state index contributed by atoms with van der Waals surface area (Å²) < 4.78 is 12.6. The molecule has 0 aromatic heterocycles. The molecule has 0 unspecified atom stereocenters. The van der Waals surface area contributed by atoms with E-state index in [0.717, 1.165) is 5.57 Å². The van der Waals surface area contributed by atoms with Crippen molar-refractivity contribution in [2.24, 2.45) is 4.99 Å². The maximum atomic E-state index is 12.6. The predicted octanol–water partition coefficient (Wildman–Crippen LogP) is 2.90. The molecule has 0 atom stereocenters. The molecule has 0 rings (SSSR count). The first-order valence-corrected chi connectivity index (χ1v) is 3.53. The molecular weight excluding hydrogens is 141 g/mol. The molecule has 0 amide bonds. The minimum atomic E-state index is -0.456. The summed E-state index contributed by atoms with van der Waals surface area (Å²) >= 11 is 0. The van der Waals surface area contributed by atoms with Crippen LogP contribution >= 0.6 is 0 Å². The monoisotopic (exact) mass is 155 g/mol. The van der Waals surface area contributed by atoms with E-state index in [2.05, 4.69) is 11.6 Å². The quantitative estimate of drug-likeness (QED) is 0.439. The Bertz CT molecular complexity index is 198. The van der Waals surface area contributed by atoms with Crippen molar-refractivity contribution in [2.75, 3.05) is 6.54 Å². The van der Waals surface area contributed by atoms with Gasteiger partial charge in [-0.05, 0) is 26.3 Å². The summed E-state index contributed by atoms with van der Waals surface area (Å²) in [6.07, 6.45) is 1.86. The van der Waals surface area contributed by atoms with E-state index in [1.807, 2.05) is 19.9 Å². The van der Waals surface area contributed by atoms with Crippen molar-refractivity contribution in [1.82, 2.24) is 0 Å². The molecule has 0 saturated heterocycles. The molecule has 0 saturated carbocycles. The molecule has 0 aliphatic rings. The summed E-state index contributed by atoms with van der Waals surface area (Å²) in [5, 5.41) is 0. The molecular formula is C9H14FN. The predicted molar refractivity (Wildman–Crippen MR) is 47.7 cm³/mol. The first-order chi connectivity index (χ1) is 5.04. The fourth-order valence-electron chi connectivity index (χ4n) is 0.443. The van der Waals surface area contributed by atoms with Crippen molar-refractivity contribution in [3.8, 4) is 0 Å². The summed E-state index contributed by atoms with van der Waals surface area (Å²) in [6.45, 7) is 9.33. The largest absolute Gasteiger partial charge is 0.254 e. The Balaban J connectivity index is 3.94. The van der Waals surface area contributed by atoms with Crippen LogP contribution in [0.4, 0.5) is 4.39 Å². The second-order valence-electron chi connectivity index (χ2n) is 2.69. The SMILES string of the molecule is C=C(C)C(F)=NCC=C(C)C. The number of hydrogen-bond donors (Lipinski definition) is 0. The minimum absolute atomic E-state index is 0.382. The lowest BCUT2D eigenvalue weighted by atomic mass is 10.3. The number of aliphatic imine (C=N–C) groups is 1. The maximum Gasteiger partial charge on any atom is 0.210 e. The van der Waals surface area contributed by atoms with Gasteiger partial charge in [-0.2, -0.15) is 4.39 Å². The first kappa shape index (κ1) is 10.1. The highest BCUT2D eigenvalue weighted by atomic mass is 19.1. The van der Waals surface area contributed by atoms with Gasteiger partial charge in [-0.1, -0.05) is 18.2 Å². The Morgan fingerprint density at radius 2 is 2.00 bits per heavy atom.